The molecule has 2 heteroatoms. The molecular formula is C7H14IO. The molecule has 3 unspecified atom stereocenters. The highest BCUT2D eigenvalue weighted by Gasteiger charge is 2.17. The monoisotopic (exact) mass is 241 g/mol. The molecule has 0 aliphatic rings. The van der Waals surface area contributed by atoms with Crippen molar-refractivity contribution in [2.45, 2.75) is 37.2 Å². The molecule has 0 aromatic carbocycles. The van der Waals surface area contributed by atoms with Crippen LogP contribution in [-0.4, -0.2) is 10.0 Å². The van der Waals surface area contributed by atoms with Crippen LogP contribution in [0.5, 0.6) is 0 Å². The molecule has 0 amide bonds. The van der Waals surface area contributed by atoms with Crippen LogP contribution in [0.3, 0.4) is 0 Å². The summed E-state index contributed by atoms with van der Waals surface area (Å²) in [6.07, 6.45) is 0.695. The van der Waals surface area contributed by atoms with E-state index < -0.39 is 6.10 Å². The van der Waals surface area contributed by atoms with Crippen molar-refractivity contribution in [3.05, 3.63) is 0 Å². The third-order valence-corrected chi connectivity index (χ3v) is 3.72. The predicted octanol–water partition coefficient (Wildman–Crippen LogP) is 2.66. The summed E-state index contributed by atoms with van der Waals surface area (Å²) < 4.78 is 0.551. The molecule has 0 saturated heterocycles. The van der Waals surface area contributed by atoms with Crippen LogP contribution in [0.25, 0.3) is 0 Å². The summed E-state index contributed by atoms with van der Waals surface area (Å²) in [4.78, 5) is 0. The molecule has 0 aromatic rings. The Labute approximate surface area is 71.0 Å². The van der Waals surface area contributed by atoms with Crippen LogP contribution in [0.4, 0.5) is 0 Å². The normalized spacial score (nSPS) is 21.0. The number of alkyl halides is 1. The smallest absolute Gasteiger partial charge is 0.0937 e. The first kappa shape index (κ1) is 9.69. The van der Waals surface area contributed by atoms with E-state index in [1.165, 1.54) is 0 Å². The van der Waals surface area contributed by atoms with E-state index in [2.05, 4.69) is 29.5 Å². The molecule has 0 rings (SSSR count). The van der Waals surface area contributed by atoms with Gasteiger partial charge < -0.3 is 0 Å². The SMILES string of the molecule is CCC(I)C(C)C(C)[O]. The second-order valence-corrected chi connectivity index (χ2v) is 4.09. The van der Waals surface area contributed by atoms with Gasteiger partial charge in [0.25, 0.3) is 0 Å². The van der Waals surface area contributed by atoms with E-state index in [1.54, 1.807) is 6.92 Å². The van der Waals surface area contributed by atoms with Crippen molar-refractivity contribution in [2.75, 3.05) is 0 Å². The molecule has 0 spiro atoms. The van der Waals surface area contributed by atoms with E-state index in [4.69, 9.17) is 0 Å². The van der Waals surface area contributed by atoms with E-state index in [-0.39, 0.29) is 0 Å². The Hall–Kier alpha value is 0.690. The minimum atomic E-state index is -0.410. The fraction of sp³-hybridized carbons (Fsp3) is 1.00. The first-order valence-corrected chi connectivity index (χ1v) is 4.64. The van der Waals surface area contributed by atoms with E-state index in [0.717, 1.165) is 6.42 Å². The lowest BCUT2D eigenvalue weighted by Gasteiger charge is -2.17. The van der Waals surface area contributed by atoms with Crippen LogP contribution in [0.15, 0.2) is 0 Å². The van der Waals surface area contributed by atoms with Crippen molar-refractivity contribution in [3.63, 3.8) is 0 Å². The van der Waals surface area contributed by atoms with Crippen LogP contribution < -0.4 is 0 Å². The van der Waals surface area contributed by atoms with Crippen molar-refractivity contribution in [1.82, 2.24) is 0 Å². The van der Waals surface area contributed by atoms with Gasteiger partial charge >= 0.3 is 0 Å². The maximum absolute atomic E-state index is 10.8. The van der Waals surface area contributed by atoms with E-state index >= 15 is 0 Å². The van der Waals surface area contributed by atoms with Gasteiger partial charge in [-0.15, -0.1) is 0 Å². The van der Waals surface area contributed by atoms with Crippen LogP contribution in [0, 0.1) is 5.92 Å². The van der Waals surface area contributed by atoms with Crippen LogP contribution in [0.1, 0.15) is 27.2 Å². The predicted molar refractivity (Wildman–Crippen MR) is 47.4 cm³/mol. The molecule has 1 nitrogen and oxygen atoms in total. The average molecular weight is 241 g/mol. The zero-order valence-electron chi connectivity index (χ0n) is 6.23. The molecule has 0 aliphatic heterocycles. The van der Waals surface area contributed by atoms with Gasteiger partial charge in [-0.2, -0.15) is 0 Å². The highest BCUT2D eigenvalue weighted by Crippen LogP contribution is 2.19. The van der Waals surface area contributed by atoms with Crippen LogP contribution in [-0.2, 0) is 5.11 Å². The number of hydrogen-bond acceptors (Lipinski definition) is 0. The van der Waals surface area contributed by atoms with E-state index in [1.807, 2.05) is 6.92 Å². The van der Waals surface area contributed by atoms with Gasteiger partial charge in [0.05, 0.1) is 6.10 Å². The molecule has 0 aliphatic carbocycles. The van der Waals surface area contributed by atoms with Crippen molar-refractivity contribution in [2.24, 2.45) is 5.92 Å². The molecule has 55 valence electrons. The third kappa shape index (κ3) is 3.40. The zero-order valence-corrected chi connectivity index (χ0v) is 8.38. The topological polar surface area (TPSA) is 19.9 Å². The standard InChI is InChI=1S/C7H14IO/c1-4-7(8)5(2)6(3)9/h5-7H,4H2,1-3H3. The van der Waals surface area contributed by atoms with Crippen molar-refractivity contribution in [1.29, 1.82) is 0 Å². The third-order valence-electron chi connectivity index (χ3n) is 1.70. The molecule has 0 N–H and O–H groups in total. The van der Waals surface area contributed by atoms with Gasteiger partial charge in [-0.1, -0.05) is 36.4 Å². The summed E-state index contributed by atoms with van der Waals surface area (Å²) in [5, 5.41) is 10.8. The molecular weight excluding hydrogens is 227 g/mol. The minimum Gasteiger partial charge on any atom is -0.233 e. The summed E-state index contributed by atoms with van der Waals surface area (Å²) >= 11 is 2.35. The van der Waals surface area contributed by atoms with Gasteiger partial charge in [-0.25, -0.2) is 5.11 Å². The largest absolute Gasteiger partial charge is 0.233 e. The van der Waals surface area contributed by atoms with Gasteiger partial charge in [0.15, 0.2) is 0 Å². The number of hydrogen-bond donors (Lipinski definition) is 0. The minimum absolute atomic E-state index is 0.315. The maximum atomic E-state index is 10.8. The van der Waals surface area contributed by atoms with Crippen molar-refractivity contribution < 1.29 is 5.11 Å². The van der Waals surface area contributed by atoms with Gasteiger partial charge in [0, 0.05) is 3.92 Å². The Balaban J connectivity index is 3.58. The molecule has 0 aromatic heterocycles. The molecule has 0 fully saturated rings. The second kappa shape index (κ2) is 4.50. The van der Waals surface area contributed by atoms with Crippen molar-refractivity contribution in [3.8, 4) is 0 Å². The lowest BCUT2D eigenvalue weighted by molar-refractivity contribution is 0.0594. The Kier molecular flexibility index (Phi) is 4.84. The fourth-order valence-electron chi connectivity index (χ4n) is 0.666. The lowest BCUT2D eigenvalue weighted by Crippen LogP contribution is -2.20. The van der Waals surface area contributed by atoms with Gasteiger partial charge in [0.2, 0.25) is 0 Å². The average Bonchev–Trinajstić information content (AvgIpc) is 1.84. The van der Waals surface area contributed by atoms with Gasteiger partial charge in [0.1, 0.15) is 0 Å². The first-order valence-electron chi connectivity index (χ1n) is 3.39. The molecule has 9 heavy (non-hydrogen) atoms. The van der Waals surface area contributed by atoms with Crippen LogP contribution in [0.2, 0.25) is 0 Å². The van der Waals surface area contributed by atoms with E-state index in [9.17, 15) is 5.11 Å². The Morgan fingerprint density at radius 3 is 2.00 bits per heavy atom. The number of rotatable bonds is 3. The molecule has 0 bridgehead atoms. The molecule has 0 saturated carbocycles. The zero-order chi connectivity index (χ0) is 7.44. The maximum Gasteiger partial charge on any atom is 0.0937 e. The van der Waals surface area contributed by atoms with E-state index in [0.29, 0.717) is 9.84 Å². The van der Waals surface area contributed by atoms with Gasteiger partial charge in [-0.3, -0.25) is 0 Å². The van der Waals surface area contributed by atoms with Crippen molar-refractivity contribution >= 4 is 22.6 Å². The molecule has 1 radical (unpaired) electrons. The highest BCUT2D eigenvalue weighted by atomic mass is 127. The molecule has 0 heterocycles. The Bertz CT molecular complexity index is 73.3. The first-order chi connectivity index (χ1) is 4.09. The quantitative estimate of drug-likeness (QED) is 0.534. The summed E-state index contributed by atoms with van der Waals surface area (Å²) in [5.41, 5.74) is 0. The molecule has 3 atom stereocenters. The second-order valence-electron chi connectivity index (χ2n) is 2.49. The number of halogens is 1. The Morgan fingerprint density at radius 1 is 1.44 bits per heavy atom. The summed E-state index contributed by atoms with van der Waals surface area (Å²) in [5.74, 6) is 0.315. The Morgan fingerprint density at radius 2 is 1.89 bits per heavy atom. The summed E-state index contributed by atoms with van der Waals surface area (Å²) in [6.45, 7) is 5.89. The fourth-order valence-corrected chi connectivity index (χ4v) is 1.25. The highest BCUT2D eigenvalue weighted by molar-refractivity contribution is 14.1. The summed E-state index contributed by atoms with van der Waals surface area (Å²) in [7, 11) is 0. The van der Waals surface area contributed by atoms with Gasteiger partial charge in [-0.05, 0) is 19.3 Å². The van der Waals surface area contributed by atoms with Crippen LogP contribution >= 0.6 is 22.6 Å². The summed E-state index contributed by atoms with van der Waals surface area (Å²) in [6, 6.07) is 0. The lowest BCUT2D eigenvalue weighted by atomic mass is 10.0.